The Morgan fingerprint density at radius 1 is 1.53 bits per heavy atom. The van der Waals surface area contributed by atoms with Gasteiger partial charge in [0.15, 0.2) is 0 Å². The van der Waals surface area contributed by atoms with Crippen molar-refractivity contribution in [3.8, 4) is 0 Å². The molecule has 1 unspecified atom stereocenters. The Bertz CT molecular complexity index is 263. The Hall–Kier alpha value is 0.00870. The van der Waals surface area contributed by atoms with Crippen LogP contribution in [-0.2, 0) is 9.53 Å². The van der Waals surface area contributed by atoms with E-state index < -0.39 is 18.4 Å². The van der Waals surface area contributed by atoms with Crippen molar-refractivity contribution in [3.63, 3.8) is 0 Å². The van der Waals surface area contributed by atoms with E-state index in [1.54, 1.807) is 3.59 Å². The summed E-state index contributed by atoms with van der Waals surface area (Å²) < 4.78 is 6.74. The molecule has 0 heterocycles. The van der Waals surface area contributed by atoms with E-state index in [1.807, 2.05) is 6.92 Å². The van der Waals surface area contributed by atoms with E-state index in [4.69, 9.17) is 4.74 Å². The molecule has 0 aromatic carbocycles. The summed E-state index contributed by atoms with van der Waals surface area (Å²) >= 11 is -1.84. The van der Waals surface area contributed by atoms with E-state index in [9.17, 15) is 4.79 Å². The molecule has 1 aliphatic carbocycles. The van der Waals surface area contributed by atoms with Crippen LogP contribution in [0.4, 0.5) is 0 Å². The van der Waals surface area contributed by atoms with Crippen LogP contribution in [0, 0.1) is 5.92 Å². The quantitative estimate of drug-likeness (QED) is 0.590. The van der Waals surface area contributed by atoms with Crippen molar-refractivity contribution >= 4 is 24.3 Å². The molecule has 0 saturated carbocycles. The van der Waals surface area contributed by atoms with Crippen LogP contribution < -0.4 is 0 Å². The fourth-order valence-electron chi connectivity index (χ4n) is 1.99. The fraction of sp³-hybridized carbons (Fsp3) is 0.750. The maximum absolute atomic E-state index is 11.5. The third-order valence-corrected chi connectivity index (χ3v) is 9.79. The Morgan fingerprint density at radius 3 is 2.60 bits per heavy atom. The zero-order chi connectivity index (χ0) is 11.5. The molecule has 0 radical (unpaired) electrons. The number of allylic oxidation sites excluding steroid dienone is 2. The first-order valence-electron chi connectivity index (χ1n) is 5.81. The number of hydrogen-bond donors (Lipinski definition) is 0. The van der Waals surface area contributed by atoms with Gasteiger partial charge in [-0.25, -0.2) is 0 Å². The SMILES string of the molecule is CCOC(=O)C1CC=[C]([Sn]([CH3])([CH3])[CH3])CC1. The molecule has 0 aromatic rings. The van der Waals surface area contributed by atoms with E-state index in [-0.39, 0.29) is 11.9 Å². The minimum atomic E-state index is -1.84. The van der Waals surface area contributed by atoms with Crippen molar-refractivity contribution in [3.05, 3.63) is 9.67 Å². The van der Waals surface area contributed by atoms with Gasteiger partial charge in [0.05, 0.1) is 0 Å². The molecule has 1 atom stereocenters. The molecular formula is C12H22O2Sn. The second-order valence-corrected chi connectivity index (χ2v) is 19.9. The maximum atomic E-state index is 11.5. The number of esters is 1. The number of rotatable bonds is 3. The number of carbonyl (C=O) groups is 1. The monoisotopic (exact) mass is 318 g/mol. The van der Waals surface area contributed by atoms with Crippen LogP contribution in [0.1, 0.15) is 26.2 Å². The molecular weight excluding hydrogens is 295 g/mol. The van der Waals surface area contributed by atoms with Gasteiger partial charge in [0.2, 0.25) is 0 Å². The Labute approximate surface area is 97.0 Å². The zero-order valence-electron chi connectivity index (χ0n) is 10.3. The summed E-state index contributed by atoms with van der Waals surface area (Å²) in [6, 6.07) is 0. The van der Waals surface area contributed by atoms with Crippen molar-refractivity contribution in [1.82, 2.24) is 0 Å². The van der Waals surface area contributed by atoms with Crippen LogP contribution in [0.2, 0.25) is 14.8 Å². The van der Waals surface area contributed by atoms with E-state index in [1.165, 1.54) is 0 Å². The molecule has 0 spiro atoms. The second kappa shape index (κ2) is 5.37. The normalized spacial score (nSPS) is 22.1. The standard InChI is InChI=1S/C9H13O2.3CH3.Sn/c1-2-11-9(10)8-6-4-3-5-7-8;;;;/h4,8H,2,5-7H2,1H3;3*1H3;. The van der Waals surface area contributed by atoms with Gasteiger partial charge in [-0.2, -0.15) is 0 Å². The van der Waals surface area contributed by atoms with Crippen molar-refractivity contribution in [2.24, 2.45) is 5.92 Å². The summed E-state index contributed by atoms with van der Waals surface area (Å²) in [5.41, 5.74) is 0. The van der Waals surface area contributed by atoms with Gasteiger partial charge in [-0.15, -0.1) is 0 Å². The van der Waals surface area contributed by atoms with Crippen LogP contribution in [-0.4, -0.2) is 31.0 Å². The zero-order valence-corrected chi connectivity index (χ0v) is 13.2. The third-order valence-electron chi connectivity index (χ3n) is 2.99. The fourth-order valence-corrected chi connectivity index (χ4v) is 6.63. The summed E-state index contributed by atoms with van der Waals surface area (Å²) in [5.74, 6) is 0.124. The van der Waals surface area contributed by atoms with Crippen molar-refractivity contribution in [2.45, 2.75) is 41.0 Å². The first kappa shape index (κ1) is 13.1. The average Bonchev–Trinajstić information content (AvgIpc) is 2.17. The number of carbonyl (C=O) groups excluding carboxylic acids is 1. The summed E-state index contributed by atoms with van der Waals surface area (Å²) in [6.45, 7) is 2.37. The molecule has 0 bridgehead atoms. The molecule has 0 saturated heterocycles. The Morgan fingerprint density at radius 2 is 2.20 bits per heavy atom. The second-order valence-electron chi connectivity index (χ2n) is 5.20. The molecule has 0 aromatic heterocycles. The Balaban J connectivity index is 2.54. The average molecular weight is 317 g/mol. The van der Waals surface area contributed by atoms with Crippen LogP contribution in [0.3, 0.4) is 0 Å². The Kier molecular flexibility index (Phi) is 4.68. The molecule has 3 heteroatoms. The van der Waals surface area contributed by atoms with E-state index >= 15 is 0 Å². The predicted molar refractivity (Wildman–Crippen MR) is 65.4 cm³/mol. The molecule has 0 amide bonds. The molecule has 1 rings (SSSR count). The van der Waals surface area contributed by atoms with Gasteiger partial charge in [-0.1, -0.05) is 0 Å². The molecule has 15 heavy (non-hydrogen) atoms. The van der Waals surface area contributed by atoms with E-state index in [2.05, 4.69) is 20.9 Å². The third kappa shape index (κ3) is 3.82. The summed E-state index contributed by atoms with van der Waals surface area (Å²) in [6.07, 6.45) is 5.35. The number of hydrogen-bond acceptors (Lipinski definition) is 2. The summed E-state index contributed by atoms with van der Waals surface area (Å²) in [4.78, 5) is 18.8. The molecule has 0 aliphatic heterocycles. The first-order chi connectivity index (χ1) is 6.95. The van der Waals surface area contributed by atoms with Gasteiger partial charge in [-0.3, -0.25) is 0 Å². The van der Waals surface area contributed by atoms with Crippen LogP contribution >= 0.6 is 0 Å². The van der Waals surface area contributed by atoms with Gasteiger partial charge in [0.25, 0.3) is 0 Å². The molecule has 1 aliphatic rings. The minimum absolute atomic E-state index is 0.00286. The number of ether oxygens (including phenoxy) is 1. The van der Waals surface area contributed by atoms with Crippen LogP contribution in [0.25, 0.3) is 0 Å². The van der Waals surface area contributed by atoms with Gasteiger partial charge in [-0.05, 0) is 0 Å². The van der Waals surface area contributed by atoms with Gasteiger partial charge in [0.1, 0.15) is 0 Å². The van der Waals surface area contributed by atoms with Crippen molar-refractivity contribution in [2.75, 3.05) is 6.61 Å². The van der Waals surface area contributed by atoms with Gasteiger partial charge in [0, 0.05) is 0 Å². The topological polar surface area (TPSA) is 26.3 Å². The predicted octanol–water partition coefficient (Wildman–Crippen LogP) is 3.15. The van der Waals surface area contributed by atoms with E-state index in [0.717, 1.165) is 19.3 Å². The van der Waals surface area contributed by atoms with Crippen molar-refractivity contribution < 1.29 is 9.53 Å². The van der Waals surface area contributed by atoms with E-state index in [0.29, 0.717) is 6.61 Å². The van der Waals surface area contributed by atoms with Gasteiger partial charge < -0.3 is 0 Å². The molecule has 0 N–H and O–H groups in total. The first-order valence-corrected chi connectivity index (χ1v) is 15.8. The van der Waals surface area contributed by atoms with Crippen LogP contribution in [0.15, 0.2) is 9.67 Å². The molecule has 0 fully saturated rings. The molecule has 2 nitrogen and oxygen atoms in total. The summed E-state index contributed by atoms with van der Waals surface area (Å²) in [5, 5.41) is 0. The van der Waals surface area contributed by atoms with Gasteiger partial charge >= 0.3 is 97.1 Å². The summed E-state index contributed by atoms with van der Waals surface area (Å²) in [7, 11) is 0. The molecule has 86 valence electrons. The van der Waals surface area contributed by atoms with Crippen molar-refractivity contribution in [1.29, 1.82) is 0 Å². The van der Waals surface area contributed by atoms with Crippen LogP contribution in [0.5, 0.6) is 0 Å².